The van der Waals surface area contributed by atoms with E-state index in [9.17, 15) is 4.79 Å². The van der Waals surface area contributed by atoms with Gasteiger partial charge in [0.15, 0.2) is 0 Å². The molecule has 17 heavy (non-hydrogen) atoms. The third kappa shape index (κ3) is 2.86. The number of hydrogen-bond acceptors (Lipinski definition) is 2. The second kappa shape index (κ2) is 5.32. The molecule has 1 atom stereocenters. The fourth-order valence-electron chi connectivity index (χ4n) is 2.08. The van der Waals surface area contributed by atoms with Crippen molar-refractivity contribution < 1.29 is 4.79 Å². The van der Waals surface area contributed by atoms with Crippen molar-refractivity contribution in [3.63, 3.8) is 0 Å². The minimum atomic E-state index is -0.511. The Hall–Kier alpha value is -1.35. The second-order valence-electron chi connectivity index (χ2n) is 4.65. The van der Waals surface area contributed by atoms with Crippen molar-refractivity contribution in [2.75, 3.05) is 6.54 Å². The molecular weight excluding hydrogens is 212 g/mol. The summed E-state index contributed by atoms with van der Waals surface area (Å²) < 4.78 is 0. The number of rotatable bonds is 5. The summed E-state index contributed by atoms with van der Waals surface area (Å²) in [5.74, 6) is 0.0700. The van der Waals surface area contributed by atoms with Crippen LogP contribution in [0.1, 0.15) is 37.8 Å². The monoisotopic (exact) mass is 232 g/mol. The zero-order chi connectivity index (χ0) is 12.3. The van der Waals surface area contributed by atoms with Gasteiger partial charge in [0.05, 0.1) is 0 Å². The fraction of sp³-hybridized carbons (Fsp3) is 0.500. The summed E-state index contributed by atoms with van der Waals surface area (Å²) in [6.07, 6.45) is 3.25. The topological polar surface area (TPSA) is 46.3 Å². The first kappa shape index (κ1) is 12.1. The maximum atomic E-state index is 12.3. The molecule has 1 aromatic rings. The zero-order valence-electron chi connectivity index (χ0n) is 10.3. The van der Waals surface area contributed by atoms with E-state index in [4.69, 9.17) is 5.73 Å². The van der Waals surface area contributed by atoms with E-state index in [-0.39, 0.29) is 5.91 Å². The molecule has 92 valence electrons. The smallest absolute Gasteiger partial charge is 0.244 e. The van der Waals surface area contributed by atoms with Crippen LogP contribution in [0.3, 0.4) is 0 Å². The van der Waals surface area contributed by atoms with Crippen LogP contribution in [0.25, 0.3) is 0 Å². The normalized spacial score (nSPS) is 16.6. The summed E-state index contributed by atoms with van der Waals surface area (Å²) in [5, 5.41) is 0. The van der Waals surface area contributed by atoms with Gasteiger partial charge in [0.25, 0.3) is 0 Å². The number of nitrogens with zero attached hydrogens (tertiary/aromatic N) is 1. The van der Waals surface area contributed by atoms with Crippen molar-refractivity contribution in [2.45, 2.75) is 38.3 Å². The molecule has 0 saturated heterocycles. The quantitative estimate of drug-likeness (QED) is 0.845. The summed E-state index contributed by atoms with van der Waals surface area (Å²) in [6.45, 7) is 2.92. The predicted octanol–water partition coefficient (Wildman–Crippen LogP) is 2.09. The SMILES string of the molecule is CCCN(C(=O)C(N)c1ccccc1)C1CC1. The van der Waals surface area contributed by atoms with E-state index < -0.39 is 6.04 Å². The third-order valence-corrected chi connectivity index (χ3v) is 3.16. The molecule has 1 saturated carbocycles. The summed E-state index contributed by atoms with van der Waals surface area (Å²) in [7, 11) is 0. The number of hydrogen-bond donors (Lipinski definition) is 1. The minimum Gasteiger partial charge on any atom is -0.338 e. The zero-order valence-corrected chi connectivity index (χ0v) is 10.3. The van der Waals surface area contributed by atoms with Gasteiger partial charge in [0.2, 0.25) is 5.91 Å². The van der Waals surface area contributed by atoms with Gasteiger partial charge in [-0.1, -0.05) is 37.3 Å². The van der Waals surface area contributed by atoms with Crippen LogP contribution in [0.15, 0.2) is 30.3 Å². The van der Waals surface area contributed by atoms with E-state index >= 15 is 0 Å². The van der Waals surface area contributed by atoms with E-state index in [0.29, 0.717) is 6.04 Å². The molecule has 0 heterocycles. The largest absolute Gasteiger partial charge is 0.338 e. The Balaban J connectivity index is 2.07. The Labute approximate surface area is 103 Å². The highest BCUT2D eigenvalue weighted by atomic mass is 16.2. The lowest BCUT2D eigenvalue weighted by molar-refractivity contribution is -0.133. The van der Waals surface area contributed by atoms with Crippen LogP contribution >= 0.6 is 0 Å². The predicted molar refractivity (Wildman–Crippen MR) is 68.4 cm³/mol. The summed E-state index contributed by atoms with van der Waals surface area (Å²) in [6, 6.07) is 9.54. The Morgan fingerprint density at radius 2 is 2.06 bits per heavy atom. The standard InChI is InChI=1S/C14H20N2O/c1-2-10-16(12-8-9-12)14(17)13(15)11-6-4-3-5-7-11/h3-7,12-13H,2,8-10,15H2,1H3. The molecule has 0 aromatic heterocycles. The molecule has 1 amide bonds. The number of amides is 1. The maximum absolute atomic E-state index is 12.3. The van der Waals surface area contributed by atoms with Crippen molar-refractivity contribution in [1.82, 2.24) is 4.90 Å². The van der Waals surface area contributed by atoms with Gasteiger partial charge >= 0.3 is 0 Å². The van der Waals surface area contributed by atoms with Gasteiger partial charge in [0, 0.05) is 12.6 Å². The Bertz CT molecular complexity index is 373. The van der Waals surface area contributed by atoms with Crippen LogP contribution in [0.5, 0.6) is 0 Å². The van der Waals surface area contributed by atoms with Crippen molar-refractivity contribution >= 4 is 5.91 Å². The number of benzene rings is 1. The molecular formula is C14H20N2O. The molecule has 2 N–H and O–H groups in total. The van der Waals surface area contributed by atoms with E-state index in [1.807, 2.05) is 35.2 Å². The number of carbonyl (C=O) groups is 1. The molecule has 3 nitrogen and oxygen atoms in total. The molecule has 1 unspecified atom stereocenters. The van der Waals surface area contributed by atoms with Crippen LogP contribution in [-0.4, -0.2) is 23.4 Å². The van der Waals surface area contributed by atoms with Gasteiger partial charge < -0.3 is 10.6 Å². The second-order valence-corrected chi connectivity index (χ2v) is 4.65. The average molecular weight is 232 g/mol. The summed E-state index contributed by atoms with van der Waals surface area (Å²) in [4.78, 5) is 14.3. The number of nitrogens with two attached hydrogens (primary N) is 1. The number of carbonyl (C=O) groups excluding carboxylic acids is 1. The molecule has 2 rings (SSSR count). The van der Waals surface area contributed by atoms with Crippen molar-refractivity contribution in [1.29, 1.82) is 0 Å². The fourth-order valence-corrected chi connectivity index (χ4v) is 2.08. The highest BCUT2D eigenvalue weighted by Crippen LogP contribution is 2.29. The van der Waals surface area contributed by atoms with Gasteiger partial charge in [-0.3, -0.25) is 4.79 Å². The van der Waals surface area contributed by atoms with Gasteiger partial charge in [-0.15, -0.1) is 0 Å². The molecule has 1 aliphatic rings. The van der Waals surface area contributed by atoms with Crippen molar-refractivity contribution in [3.05, 3.63) is 35.9 Å². The molecule has 0 bridgehead atoms. The van der Waals surface area contributed by atoms with Crippen LogP contribution in [0, 0.1) is 0 Å². The lowest BCUT2D eigenvalue weighted by atomic mass is 10.1. The van der Waals surface area contributed by atoms with Crippen LogP contribution < -0.4 is 5.73 Å². The first-order chi connectivity index (χ1) is 8.24. The first-order valence-corrected chi connectivity index (χ1v) is 6.35. The van der Waals surface area contributed by atoms with Gasteiger partial charge in [-0.05, 0) is 24.8 Å². The highest BCUT2D eigenvalue weighted by Gasteiger charge is 2.34. The van der Waals surface area contributed by atoms with Gasteiger partial charge in [-0.2, -0.15) is 0 Å². The minimum absolute atomic E-state index is 0.0700. The molecule has 3 heteroatoms. The Kier molecular flexibility index (Phi) is 3.79. The van der Waals surface area contributed by atoms with E-state index in [0.717, 1.165) is 31.4 Å². The Morgan fingerprint density at radius 3 is 2.59 bits per heavy atom. The average Bonchev–Trinajstić information content (AvgIpc) is 3.19. The van der Waals surface area contributed by atoms with Crippen molar-refractivity contribution in [2.24, 2.45) is 5.73 Å². The molecule has 0 spiro atoms. The van der Waals surface area contributed by atoms with Gasteiger partial charge in [0.1, 0.15) is 6.04 Å². The molecule has 1 aromatic carbocycles. The molecule has 0 radical (unpaired) electrons. The van der Waals surface area contributed by atoms with Crippen LogP contribution in [-0.2, 0) is 4.79 Å². The first-order valence-electron chi connectivity index (χ1n) is 6.35. The van der Waals surface area contributed by atoms with Crippen LogP contribution in [0.4, 0.5) is 0 Å². The highest BCUT2D eigenvalue weighted by molar-refractivity contribution is 5.83. The molecule has 1 fully saturated rings. The third-order valence-electron chi connectivity index (χ3n) is 3.16. The molecule has 0 aliphatic heterocycles. The van der Waals surface area contributed by atoms with E-state index in [1.165, 1.54) is 0 Å². The Morgan fingerprint density at radius 1 is 1.41 bits per heavy atom. The van der Waals surface area contributed by atoms with E-state index in [1.54, 1.807) is 0 Å². The van der Waals surface area contributed by atoms with Crippen molar-refractivity contribution in [3.8, 4) is 0 Å². The lowest BCUT2D eigenvalue weighted by Gasteiger charge is -2.25. The van der Waals surface area contributed by atoms with Crippen LogP contribution in [0.2, 0.25) is 0 Å². The van der Waals surface area contributed by atoms with E-state index in [2.05, 4.69) is 6.92 Å². The molecule has 1 aliphatic carbocycles. The maximum Gasteiger partial charge on any atom is 0.244 e. The summed E-state index contributed by atoms with van der Waals surface area (Å²) >= 11 is 0. The van der Waals surface area contributed by atoms with Gasteiger partial charge in [-0.25, -0.2) is 0 Å². The summed E-state index contributed by atoms with van der Waals surface area (Å²) in [5.41, 5.74) is 6.95. The lowest BCUT2D eigenvalue weighted by Crippen LogP contribution is -2.40.